The van der Waals surface area contributed by atoms with E-state index in [9.17, 15) is 0 Å². The Bertz CT molecular complexity index is 558. The molecule has 0 fully saturated rings. The fourth-order valence-corrected chi connectivity index (χ4v) is 1.95. The zero-order valence-electron chi connectivity index (χ0n) is 10.9. The minimum atomic E-state index is -0.0876. The van der Waals surface area contributed by atoms with Crippen LogP contribution in [-0.4, -0.2) is 16.3 Å². The van der Waals surface area contributed by atoms with Crippen molar-refractivity contribution in [2.75, 3.05) is 6.54 Å². The molecular formula is C14H18BrN3. The van der Waals surface area contributed by atoms with Crippen LogP contribution in [0.5, 0.6) is 0 Å². The van der Waals surface area contributed by atoms with Gasteiger partial charge in [0.05, 0.1) is 11.4 Å². The van der Waals surface area contributed by atoms with E-state index < -0.39 is 0 Å². The summed E-state index contributed by atoms with van der Waals surface area (Å²) in [6.07, 6.45) is 1.98. The average molecular weight is 308 g/mol. The van der Waals surface area contributed by atoms with Crippen LogP contribution in [0.3, 0.4) is 0 Å². The number of halogens is 1. The first-order valence-corrected chi connectivity index (χ1v) is 6.76. The predicted octanol–water partition coefficient (Wildman–Crippen LogP) is 3.18. The van der Waals surface area contributed by atoms with Gasteiger partial charge in [-0.25, -0.2) is 4.68 Å². The Balaban J connectivity index is 2.38. The molecule has 0 atom stereocenters. The third-order valence-corrected chi connectivity index (χ3v) is 4.09. The summed E-state index contributed by atoms with van der Waals surface area (Å²) in [7, 11) is 0. The molecule has 0 bridgehead atoms. The third kappa shape index (κ3) is 2.49. The number of rotatable bonds is 3. The van der Waals surface area contributed by atoms with Crippen molar-refractivity contribution >= 4 is 15.9 Å². The van der Waals surface area contributed by atoms with Gasteiger partial charge in [-0.15, -0.1) is 0 Å². The molecule has 0 spiro atoms. The molecule has 1 heterocycles. The lowest BCUT2D eigenvalue weighted by Crippen LogP contribution is -2.28. The second-order valence-electron chi connectivity index (χ2n) is 5.17. The zero-order valence-corrected chi connectivity index (χ0v) is 12.5. The molecule has 96 valence electrons. The normalized spacial score (nSPS) is 11.8. The van der Waals surface area contributed by atoms with Crippen LogP contribution in [0.25, 0.3) is 5.69 Å². The van der Waals surface area contributed by atoms with E-state index in [1.807, 2.05) is 29.1 Å². The molecule has 4 heteroatoms. The fraction of sp³-hybridized carbons (Fsp3) is 0.357. The van der Waals surface area contributed by atoms with E-state index in [1.54, 1.807) is 0 Å². The second kappa shape index (κ2) is 4.86. The Hall–Kier alpha value is -1.13. The Morgan fingerprint density at radius 1 is 1.33 bits per heavy atom. The summed E-state index contributed by atoms with van der Waals surface area (Å²) in [4.78, 5) is 0. The van der Waals surface area contributed by atoms with Gasteiger partial charge in [-0.3, -0.25) is 0 Å². The third-order valence-electron chi connectivity index (χ3n) is 3.20. The highest BCUT2D eigenvalue weighted by molar-refractivity contribution is 9.10. The van der Waals surface area contributed by atoms with Crippen molar-refractivity contribution in [3.8, 4) is 5.69 Å². The number of nitrogens with zero attached hydrogens (tertiary/aromatic N) is 2. The summed E-state index contributed by atoms with van der Waals surface area (Å²) < 4.78 is 3.01. The van der Waals surface area contributed by atoms with Crippen molar-refractivity contribution in [2.45, 2.75) is 26.2 Å². The molecule has 2 rings (SSSR count). The van der Waals surface area contributed by atoms with Crippen molar-refractivity contribution < 1.29 is 0 Å². The van der Waals surface area contributed by atoms with Crippen LogP contribution in [0.4, 0.5) is 0 Å². The molecule has 0 aliphatic rings. The molecule has 0 radical (unpaired) electrons. The molecule has 0 aliphatic heterocycles. The first kappa shape index (κ1) is 13.3. The highest BCUT2D eigenvalue weighted by atomic mass is 79.9. The van der Waals surface area contributed by atoms with Crippen LogP contribution in [-0.2, 0) is 5.41 Å². The van der Waals surface area contributed by atoms with Gasteiger partial charge in [0.2, 0.25) is 0 Å². The molecule has 0 unspecified atom stereocenters. The van der Waals surface area contributed by atoms with Crippen LogP contribution < -0.4 is 5.73 Å². The summed E-state index contributed by atoms with van der Waals surface area (Å²) in [5, 5.41) is 4.62. The zero-order chi connectivity index (χ0) is 13.3. The molecule has 0 aliphatic carbocycles. The topological polar surface area (TPSA) is 43.8 Å². The molecule has 0 saturated heterocycles. The molecule has 1 aromatic heterocycles. The van der Waals surface area contributed by atoms with Crippen molar-refractivity contribution in [1.29, 1.82) is 0 Å². The maximum absolute atomic E-state index is 5.77. The minimum absolute atomic E-state index is 0.0876. The number of nitrogens with two attached hydrogens (primary N) is 1. The van der Waals surface area contributed by atoms with E-state index in [0.29, 0.717) is 6.54 Å². The molecule has 1 aromatic carbocycles. The van der Waals surface area contributed by atoms with Crippen LogP contribution in [0.1, 0.15) is 25.1 Å². The highest BCUT2D eigenvalue weighted by Crippen LogP contribution is 2.22. The minimum Gasteiger partial charge on any atom is -0.330 e. The van der Waals surface area contributed by atoms with Crippen LogP contribution >= 0.6 is 15.9 Å². The van der Waals surface area contributed by atoms with Crippen LogP contribution in [0, 0.1) is 6.92 Å². The maximum atomic E-state index is 5.77. The van der Waals surface area contributed by atoms with E-state index in [4.69, 9.17) is 5.73 Å². The van der Waals surface area contributed by atoms with E-state index in [2.05, 4.69) is 47.9 Å². The quantitative estimate of drug-likeness (QED) is 0.946. The first-order chi connectivity index (χ1) is 8.44. The van der Waals surface area contributed by atoms with Gasteiger partial charge in [-0.1, -0.05) is 29.8 Å². The average Bonchev–Trinajstić information content (AvgIpc) is 2.83. The van der Waals surface area contributed by atoms with Gasteiger partial charge in [0.25, 0.3) is 0 Å². The lowest BCUT2D eigenvalue weighted by molar-refractivity contribution is 0.516. The van der Waals surface area contributed by atoms with Crippen molar-refractivity contribution in [3.63, 3.8) is 0 Å². The van der Waals surface area contributed by atoms with Crippen molar-refractivity contribution in [1.82, 2.24) is 9.78 Å². The van der Waals surface area contributed by atoms with E-state index in [1.165, 1.54) is 5.56 Å². The lowest BCUT2D eigenvalue weighted by atomic mass is 9.90. The summed E-state index contributed by atoms with van der Waals surface area (Å²) in [5.74, 6) is 0. The van der Waals surface area contributed by atoms with Gasteiger partial charge in [-0.05, 0) is 36.8 Å². The summed E-state index contributed by atoms with van der Waals surface area (Å²) in [6, 6.07) is 8.23. The van der Waals surface area contributed by atoms with Crippen molar-refractivity contribution in [3.05, 3.63) is 46.2 Å². The molecule has 3 nitrogen and oxygen atoms in total. The van der Waals surface area contributed by atoms with E-state index in [-0.39, 0.29) is 5.41 Å². The number of hydrogen-bond donors (Lipinski definition) is 1. The Morgan fingerprint density at radius 2 is 2.06 bits per heavy atom. The molecule has 0 saturated carbocycles. The number of aromatic nitrogens is 2. The Morgan fingerprint density at radius 3 is 2.67 bits per heavy atom. The van der Waals surface area contributed by atoms with Crippen LogP contribution in [0.15, 0.2) is 34.9 Å². The summed E-state index contributed by atoms with van der Waals surface area (Å²) in [5.41, 5.74) is 8.97. The van der Waals surface area contributed by atoms with Gasteiger partial charge >= 0.3 is 0 Å². The predicted molar refractivity (Wildman–Crippen MR) is 78.1 cm³/mol. The molecule has 0 amide bonds. The van der Waals surface area contributed by atoms with E-state index >= 15 is 0 Å². The Labute approximate surface area is 116 Å². The number of hydrogen-bond acceptors (Lipinski definition) is 2. The van der Waals surface area contributed by atoms with Crippen molar-refractivity contribution in [2.24, 2.45) is 5.73 Å². The first-order valence-electron chi connectivity index (χ1n) is 5.97. The Kier molecular flexibility index (Phi) is 3.59. The number of benzene rings is 1. The summed E-state index contributed by atoms with van der Waals surface area (Å²) in [6.45, 7) is 6.87. The van der Waals surface area contributed by atoms with Gasteiger partial charge in [0.1, 0.15) is 0 Å². The second-order valence-corrected chi connectivity index (χ2v) is 6.02. The van der Waals surface area contributed by atoms with Gasteiger partial charge in [0, 0.05) is 22.6 Å². The molecular weight excluding hydrogens is 290 g/mol. The monoisotopic (exact) mass is 307 g/mol. The van der Waals surface area contributed by atoms with E-state index in [0.717, 1.165) is 15.9 Å². The molecule has 18 heavy (non-hydrogen) atoms. The number of aryl methyl sites for hydroxylation is 1. The summed E-state index contributed by atoms with van der Waals surface area (Å²) >= 11 is 3.50. The smallest absolute Gasteiger partial charge is 0.0697 e. The highest BCUT2D eigenvalue weighted by Gasteiger charge is 2.21. The van der Waals surface area contributed by atoms with Gasteiger partial charge < -0.3 is 5.73 Å². The maximum Gasteiger partial charge on any atom is 0.0697 e. The SMILES string of the molecule is Cc1cc(-n2ccc(C(C)(C)CN)n2)ccc1Br. The van der Waals surface area contributed by atoms with Gasteiger partial charge in [0.15, 0.2) is 0 Å². The van der Waals surface area contributed by atoms with Gasteiger partial charge in [-0.2, -0.15) is 5.10 Å². The largest absolute Gasteiger partial charge is 0.330 e. The standard InChI is InChI=1S/C14H18BrN3/c1-10-8-11(4-5-12(10)15)18-7-6-13(17-18)14(2,3)9-16/h4-8H,9,16H2,1-3H3. The lowest BCUT2D eigenvalue weighted by Gasteiger charge is -2.19. The molecule has 2 N–H and O–H groups in total. The molecule has 2 aromatic rings. The van der Waals surface area contributed by atoms with Crippen LogP contribution in [0.2, 0.25) is 0 Å². The fourth-order valence-electron chi connectivity index (χ4n) is 1.70.